The van der Waals surface area contributed by atoms with Gasteiger partial charge in [-0.15, -0.1) is 0 Å². The minimum atomic E-state index is 0.00723. The van der Waals surface area contributed by atoms with Gasteiger partial charge in [0.2, 0.25) is 0 Å². The average molecular weight is 270 g/mol. The molecule has 0 aliphatic heterocycles. The number of carbonyl (C=O) groups excluding carboxylic acids is 1. The minimum Gasteiger partial charge on any atom is -0.354 e. The van der Waals surface area contributed by atoms with Crippen LogP contribution in [-0.4, -0.2) is 17.0 Å². The van der Waals surface area contributed by atoms with Crippen molar-refractivity contribution in [2.75, 3.05) is 6.54 Å². The van der Waals surface area contributed by atoms with Crippen LogP contribution in [0.3, 0.4) is 0 Å². The topological polar surface area (TPSA) is 34.0 Å². The molecule has 3 nitrogen and oxygen atoms in total. The molecule has 0 spiro atoms. The van der Waals surface area contributed by atoms with Crippen LogP contribution in [0.4, 0.5) is 0 Å². The third-order valence-corrected chi connectivity index (χ3v) is 3.38. The fourth-order valence-corrected chi connectivity index (χ4v) is 2.10. The Morgan fingerprint density at radius 3 is 2.40 bits per heavy atom. The molecule has 2 aromatic rings. The number of nitrogens with zero attached hydrogens (tertiary/aromatic N) is 1. The van der Waals surface area contributed by atoms with Crippen LogP contribution in [0, 0.1) is 0 Å². The van der Waals surface area contributed by atoms with Gasteiger partial charge in [0, 0.05) is 31.0 Å². The fraction of sp³-hybridized carbons (Fsp3) is 0.353. The van der Waals surface area contributed by atoms with Crippen molar-refractivity contribution in [3.8, 4) is 0 Å². The predicted octanol–water partition coefficient (Wildman–Crippen LogP) is 3.43. The summed E-state index contributed by atoms with van der Waals surface area (Å²) < 4.78 is 2.11. The molecular formula is C17H22N2O. The Hall–Kier alpha value is -2.03. The fourth-order valence-electron chi connectivity index (χ4n) is 2.10. The lowest BCUT2D eigenvalue weighted by Gasteiger charge is -2.08. The number of aryl methyl sites for hydroxylation is 1. The monoisotopic (exact) mass is 270 g/mol. The van der Waals surface area contributed by atoms with Gasteiger partial charge in [0.25, 0.3) is 5.91 Å². The zero-order valence-electron chi connectivity index (χ0n) is 12.2. The molecule has 3 heteroatoms. The van der Waals surface area contributed by atoms with Crippen LogP contribution in [0.25, 0.3) is 0 Å². The summed E-state index contributed by atoms with van der Waals surface area (Å²) in [7, 11) is 0. The summed E-state index contributed by atoms with van der Waals surface area (Å²) in [6.45, 7) is 5.93. The quantitative estimate of drug-likeness (QED) is 0.802. The van der Waals surface area contributed by atoms with Crippen LogP contribution in [0.2, 0.25) is 0 Å². The van der Waals surface area contributed by atoms with Crippen molar-refractivity contribution < 1.29 is 4.79 Å². The van der Waals surface area contributed by atoms with Gasteiger partial charge in [-0.1, -0.05) is 26.0 Å². The highest BCUT2D eigenvalue weighted by Gasteiger charge is 2.05. The molecule has 0 saturated heterocycles. The van der Waals surface area contributed by atoms with Gasteiger partial charge < -0.3 is 9.88 Å². The lowest BCUT2D eigenvalue weighted by molar-refractivity contribution is 0.0952. The van der Waals surface area contributed by atoms with E-state index in [0.717, 1.165) is 18.5 Å². The van der Waals surface area contributed by atoms with Gasteiger partial charge in [-0.3, -0.25) is 4.79 Å². The van der Waals surface area contributed by atoms with E-state index in [1.807, 2.05) is 48.8 Å². The van der Waals surface area contributed by atoms with Gasteiger partial charge in [0.1, 0.15) is 0 Å². The molecule has 0 saturated carbocycles. The summed E-state index contributed by atoms with van der Waals surface area (Å²) in [6, 6.07) is 11.9. The maximum absolute atomic E-state index is 12.0. The maximum atomic E-state index is 12.0. The molecule has 1 N–H and O–H groups in total. The summed E-state index contributed by atoms with van der Waals surface area (Å²) >= 11 is 0. The van der Waals surface area contributed by atoms with E-state index < -0.39 is 0 Å². The second-order valence-corrected chi connectivity index (χ2v) is 5.31. The smallest absolute Gasteiger partial charge is 0.251 e. The first-order valence-corrected chi connectivity index (χ1v) is 7.16. The van der Waals surface area contributed by atoms with E-state index in [2.05, 4.69) is 23.7 Å². The number of rotatable bonds is 6. The third-order valence-electron chi connectivity index (χ3n) is 3.38. The molecule has 0 fully saturated rings. The molecule has 2 rings (SSSR count). The summed E-state index contributed by atoms with van der Waals surface area (Å²) in [5, 5.41) is 2.96. The molecule has 0 atom stereocenters. The Balaban J connectivity index is 1.76. The van der Waals surface area contributed by atoms with Gasteiger partial charge in [0.05, 0.1) is 0 Å². The highest BCUT2D eigenvalue weighted by Crippen LogP contribution is 2.14. The van der Waals surface area contributed by atoms with Crippen LogP contribution < -0.4 is 5.32 Å². The van der Waals surface area contributed by atoms with E-state index in [-0.39, 0.29) is 5.91 Å². The van der Waals surface area contributed by atoms with E-state index in [1.165, 1.54) is 5.56 Å². The van der Waals surface area contributed by atoms with Crippen molar-refractivity contribution in [1.82, 2.24) is 9.88 Å². The Morgan fingerprint density at radius 2 is 1.80 bits per heavy atom. The summed E-state index contributed by atoms with van der Waals surface area (Å²) in [5.74, 6) is 0.501. The number of hydrogen-bond acceptors (Lipinski definition) is 1. The highest BCUT2D eigenvalue weighted by atomic mass is 16.1. The molecule has 0 aliphatic rings. The largest absolute Gasteiger partial charge is 0.354 e. The number of hydrogen-bond donors (Lipinski definition) is 1. The number of carbonyl (C=O) groups is 1. The third kappa shape index (κ3) is 3.98. The van der Waals surface area contributed by atoms with Gasteiger partial charge >= 0.3 is 0 Å². The maximum Gasteiger partial charge on any atom is 0.251 e. The van der Waals surface area contributed by atoms with Crippen molar-refractivity contribution in [2.24, 2.45) is 0 Å². The standard InChI is InChI=1S/C17H22N2O/c1-14(2)15-6-8-16(9-7-15)17(20)18-10-5-13-19-11-3-4-12-19/h3-4,6-9,11-12,14H,5,10,13H2,1-2H3,(H,18,20). The number of nitrogens with one attached hydrogen (secondary N) is 1. The van der Waals surface area contributed by atoms with Crippen molar-refractivity contribution in [3.05, 3.63) is 59.9 Å². The molecule has 1 aromatic carbocycles. The van der Waals surface area contributed by atoms with E-state index in [9.17, 15) is 4.79 Å². The second-order valence-electron chi connectivity index (χ2n) is 5.31. The molecule has 1 aromatic heterocycles. The lowest BCUT2D eigenvalue weighted by atomic mass is 10.0. The Labute approximate surface area is 120 Å². The Bertz CT molecular complexity index is 527. The molecule has 1 amide bonds. The molecule has 0 bridgehead atoms. The minimum absolute atomic E-state index is 0.00723. The highest BCUT2D eigenvalue weighted by molar-refractivity contribution is 5.94. The van der Waals surface area contributed by atoms with E-state index >= 15 is 0 Å². The Kier molecular flexibility index (Phi) is 4.99. The van der Waals surface area contributed by atoms with Gasteiger partial charge in [-0.05, 0) is 42.2 Å². The number of aromatic nitrogens is 1. The van der Waals surface area contributed by atoms with Crippen molar-refractivity contribution in [3.63, 3.8) is 0 Å². The van der Waals surface area contributed by atoms with Gasteiger partial charge in [-0.2, -0.15) is 0 Å². The van der Waals surface area contributed by atoms with E-state index in [1.54, 1.807) is 0 Å². The van der Waals surface area contributed by atoms with E-state index in [0.29, 0.717) is 12.5 Å². The molecular weight excluding hydrogens is 248 g/mol. The SMILES string of the molecule is CC(C)c1ccc(C(=O)NCCCn2cccc2)cc1. The Morgan fingerprint density at radius 1 is 1.15 bits per heavy atom. The molecule has 20 heavy (non-hydrogen) atoms. The first-order valence-electron chi connectivity index (χ1n) is 7.16. The van der Waals surface area contributed by atoms with Crippen molar-refractivity contribution in [2.45, 2.75) is 32.7 Å². The van der Waals surface area contributed by atoms with E-state index in [4.69, 9.17) is 0 Å². The number of benzene rings is 1. The van der Waals surface area contributed by atoms with Crippen LogP contribution in [0.5, 0.6) is 0 Å². The average Bonchev–Trinajstić information content (AvgIpc) is 2.96. The predicted molar refractivity (Wildman–Crippen MR) is 81.9 cm³/mol. The molecule has 1 heterocycles. The second kappa shape index (κ2) is 6.94. The molecule has 0 radical (unpaired) electrons. The normalized spacial score (nSPS) is 10.8. The first kappa shape index (κ1) is 14.4. The van der Waals surface area contributed by atoms with Crippen LogP contribution >= 0.6 is 0 Å². The van der Waals surface area contributed by atoms with Crippen LogP contribution in [0.15, 0.2) is 48.8 Å². The zero-order valence-corrected chi connectivity index (χ0v) is 12.2. The summed E-state index contributed by atoms with van der Waals surface area (Å²) in [5.41, 5.74) is 1.99. The van der Waals surface area contributed by atoms with Crippen LogP contribution in [0.1, 0.15) is 42.1 Å². The molecule has 106 valence electrons. The van der Waals surface area contributed by atoms with Crippen molar-refractivity contribution >= 4 is 5.91 Å². The van der Waals surface area contributed by atoms with Gasteiger partial charge in [0.15, 0.2) is 0 Å². The first-order chi connectivity index (χ1) is 9.66. The zero-order chi connectivity index (χ0) is 14.4. The summed E-state index contributed by atoms with van der Waals surface area (Å²) in [6.07, 6.45) is 5.00. The van der Waals surface area contributed by atoms with Gasteiger partial charge in [-0.25, -0.2) is 0 Å². The van der Waals surface area contributed by atoms with Crippen LogP contribution in [-0.2, 0) is 6.54 Å². The van der Waals surface area contributed by atoms with Crippen molar-refractivity contribution in [1.29, 1.82) is 0 Å². The molecule has 0 unspecified atom stereocenters. The number of amides is 1. The lowest BCUT2D eigenvalue weighted by Crippen LogP contribution is -2.25. The molecule has 0 aliphatic carbocycles. The summed E-state index contributed by atoms with van der Waals surface area (Å²) in [4.78, 5) is 12.0.